The third-order valence-corrected chi connectivity index (χ3v) is 8.47. The lowest BCUT2D eigenvalue weighted by atomic mass is 9.82. The summed E-state index contributed by atoms with van der Waals surface area (Å²) in [6.07, 6.45) is 7.21. The third-order valence-electron chi connectivity index (χ3n) is 7.36. The molecule has 9 nitrogen and oxygen atoms in total. The number of anilines is 2. The van der Waals surface area contributed by atoms with Crippen LogP contribution in [0.4, 0.5) is 20.7 Å². The number of ether oxygens (including phenoxy) is 2. The zero-order chi connectivity index (χ0) is 25.0. The molecule has 3 aliphatic rings. The molecule has 3 unspecified atom stereocenters. The van der Waals surface area contributed by atoms with Gasteiger partial charge in [0.1, 0.15) is 29.7 Å². The molecule has 188 valence electrons. The summed E-state index contributed by atoms with van der Waals surface area (Å²) in [6, 6.07) is 3.67. The summed E-state index contributed by atoms with van der Waals surface area (Å²) >= 11 is 0. The number of benzene rings is 1. The molecule has 0 spiro atoms. The molecule has 1 amide bonds. The van der Waals surface area contributed by atoms with Gasteiger partial charge in [0.05, 0.1) is 22.2 Å². The van der Waals surface area contributed by atoms with Gasteiger partial charge in [-0.1, -0.05) is 0 Å². The lowest BCUT2D eigenvalue weighted by molar-refractivity contribution is -0.0507. The number of amides is 1. The SMILES string of the molecule is Cc1c(Nc2ccc(S(C)(=O)=O)cc2F)ncnc1OC1CC2CCC1N2C(=O)OC1(C)CCC1. The lowest BCUT2D eigenvalue weighted by Crippen LogP contribution is -2.46. The maximum atomic E-state index is 14.5. The number of carbonyl (C=O) groups is 1. The number of hydrogen-bond donors (Lipinski definition) is 1. The molecule has 2 bridgehead atoms. The highest BCUT2D eigenvalue weighted by atomic mass is 32.2. The number of aromatic nitrogens is 2. The molecular formula is C24H29FN4O5S. The minimum absolute atomic E-state index is 0.0806. The van der Waals surface area contributed by atoms with Crippen LogP contribution in [0.3, 0.4) is 0 Å². The molecule has 1 aromatic carbocycles. The number of fused-ring (bicyclic) bond motifs is 2. The van der Waals surface area contributed by atoms with Crippen molar-refractivity contribution in [1.82, 2.24) is 14.9 Å². The Morgan fingerprint density at radius 3 is 2.69 bits per heavy atom. The van der Waals surface area contributed by atoms with Crippen LogP contribution in [0.5, 0.6) is 5.88 Å². The average molecular weight is 505 g/mol. The second-order valence-corrected chi connectivity index (χ2v) is 12.0. The minimum atomic E-state index is -3.52. The van der Waals surface area contributed by atoms with Gasteiger partial charge >= 0.3 is 6.09 Å². The monoisotopic (exact) mass is 504 g/mol. The van der Waals surface area contributed by atoms with Crippen LogP contribution in [-0.4, -0.2) is 59.4 Å². The summed E-state index contributed by atoms with van der Waals surface area (Å²) in [4.78, 5) is 23.1. The zero-order valence-electron chi connectivity index (χ0n) is 20.0. The van der Waals surface area contributed by atoms with Crippen LogP contribution < -0.4 is 10.1 Å². The van der Waals surface area contributed by atoms with Crippen molar-refractivity contribution in [2.24, 2.45) is 0 Å². The first kappa shape index (κ1) is 23.8. The normalized spacial score (nSPS) is 24.7. The van der Waals surface area contributed by atoms with E-state index in [0.717, 1.165) is 44.4 Å². The lowest BCUT2D eigenvalue weighted by Gasteiger charge is -2.39. The first-order chi connectivity index (χ1) is 16.5. The molecule has 1 N–H and O–H groups in total. The Labute approximate surface area is 204 Å². The first-order valence-corrected chi connectivity index (χ1v) is 13.7. The highest BCUT2D eigenvalue weighted by Crippen LogP contribution is 2.43. The van der Waals surface area contributed by atoms with Crippen LogP contribution in [-0.2, 0) is 14.6 Å². The molecule has 11 heteroatoms. The fourth-order valence-electron chi connectivity index (χ4n) is 5.16. The van der Waals surface area contributed by atoms with Crippen molar-refractivity contribution in [3.05, 3.63) is 35.9 Å². The Bertz CT molecular complexity index is 1270. The molecule has 3 atom stereocenters. The number of rotatable bonds is 6. The van der Waals surface area contributed by atoms with E-state index in [0.29, 0.717) is 23.7 Å². The van der Waals surface area contributed by atoms with Crippen LogP contribution in [0, 0.1) is 12.7 Å². The highest BCUT2D eigenvalue weighted by Gasteiger charge is 2.52. The van der Waals surface area contributed by atoms with Gasteiger partial charge in [-0.05, 0) is 64.2 Å². The number of hydrogen-bond acceptors (Lipinski definition) is 8. The molecule has 2 aromatic rings. The predicted octanol–water partition coefficient (Wildman–Crippen LogP) is 4.13. The summed E-state index contributed by atoms with van der Waals surface area (Å²) in [5, 5.41) is 2.90. The number of nitrogens with zero attached hydrogens (tertiary/aromatic N) is 3. The van der Waals surface area contributed by atoms with Gasteiger partial charge in [-0.2, -0.15) is 0 Å². The van der Waals surface area contributed by atoms with Crippen molar-refractivity contribution in [1.29, 1.82) is 0 Å². The fraction of sp³-hybridized carbons (Fsp3) is 0.542. The maximum Gasteiger partial charge on any atom is 0.410 e. The fourth-order valence-corrected chi connectivity index (χ4v) is 5.80. The summed E-state index contributed by atoms with van der Waals surface area (Å²) in [5.41, 5.74) is 0.315. The molecular weight excluding hydrogens is 475 g/mol. The smallest absolute Gasteiger partial charge is 0.410 e. The van der Waals surface area contributed by atoms with Crippen LogP contribution in [0.25, 0.3) is 0 Å². The molecule has 1 aromatic heterocycles. The van der Waals surface area contributed by atoms with Crippen LogP contribution in [0.2, 0.25) is 0 Å². The van der Waals surface area contributed by atoms with Crippen molar-refractivity contribution < 1.29 is 27.1 Å². The van der Waals surface area contributed by atoms with Crippen molar-refractivity contribution in [3.8, 4) is 5.88 Å². The molecule has 3 fully saturated rings. The van der Waals surface area contributed by atoms with Gasteiger partial charge in [0.25, 0.3) is 0 Å². The molecule has 3 heterocycles. The summed E-state index contributed by atoms with van der Waals surface area (Å²) in [5.74, 6) is -0.0124. The number of carbonyl (C=O) groups excluding carboxylic acids is 1. The molecule has 35 heavy (non-hydrogen) atoms. The van der Waals surface area contributed by atoms with Gasteiger partial charge in [-0.15, -0.1) is 0 Å². The standard InChI is InChI=1S/C24H29FN4O5S/c1-14-21(28-18-7-6-16(12-17(18)25)35(3,31)32)26-13-27-22(14)33-20-11-15-5-8-19(20)29(15)23(30)34-24(2)9-4-10-24/h6-7,12-13,15,19-20H,4-5,8-11H2,1-3H3,(H,26,27,28). The number of sulfone groups is 1. The van der Waals surface area contributed by atoms with Crippen molar-refractivity contribution in [3.63, 3.8) is 0 Å². The van der Waals surface area contributed by atoms with E-state index >= 15 is 0 Å². The maximum absolute atomic E-state index is 14.5. The Morgan fingerprint density at radius 1 is 1.26 bits per heavy atom. The minimum Gasteiger partial charge on any atom is -0.472 e. The Morgan fingerprint density at radius 2 is 2.03 bits per heavy atom. The molecule has 2 aliphatic heterocycles. The Kier molecular flexibility index (Phi) is 5.85. The van der Waals surface area contributed by atoms with Crippen molar-refractivity contribution >= 4 is 27.4 Å². The van der Waals surface area contributed by atoms with E-state index in [4.69, 9.17) is 9.47 Å². The molecule has 0 radical (unpaired) electrons. The van der Waals surface area contributed by atoms with Gasteiger partial charge in [0.15, 0.2) is 9.84 Å². The van der Waals surface area contributed by atoms with E-state index in [9.17, 15) is 17.6 Å². The van der Waals surface area contributed by atoms with E-state index in [1.165, 1.54) is 18.5 Å². The van der Waals surface area contributed by atoms with Crippen LogP contribution >= 0.6 is 0 Å². The van der Waals surface area contributed by atoms with Crippen LogP contribution in [0.1, 0.15) is 51.0 Å². The van der Waals surface area contributed by atoms with Gasteiger partial charge in [0.2, 0.25) is 5.88 Å². The average Bonchev–Trinajstić information content (AvgIpc) is 3.34. The van der Waals surface area contributed by atoms with Crippen LogP contribution in [0.15, 0.2) is 29.4 Å². The topological polar surface area (TPSA) is 111 Å². The molecule has 2 saturated heterocycles. The quantitative estimate of drug-likeness (QED) is 0.625. The Hall–Kier alpha value is -2.95. The van der Waals surface area contributed by atoms with Gasteiger partial charge in [-0.25, -0.2) is 27.6 Å². The number of nitrogens with one attached hydrogen (secondary N) is 1. The van der Waals surface area contributed by atoms with E-state index in [-0.39, 0.29) is 40.5 Å². The molecule has 1 aliphatic carbocycles. The molecule has 1 saturated carbocycles. The second-order valence-electron chi connectivity index (χ2n) is 9.96. The predicted molar refractivity (Wildman–Crippen MR) is 126 cm³/mol. The third kappa shape index (κ3) is 4.53. The van der Waals surface area contributed by atoms with Gasteiger partial charge in [-0.3, -0.25) is 4.90 Å². The highest BCUT2D eigenvalue weighted by molar-refractivity contribution is 7.90. The number of halogens is 1. The summed E-state index contributed by atoms with van der Waals surface area (Å²) < 4.78 is 49.9. The molecule has 5 rings (SSSR count). The largest absolute Gasteiger partial charge is 0.472 e. The Balaban J connectivity index is 1.30. The van der Waals surface area contributed by atoms with E-state index < -0.39 is 15.7 Å². The van der Waals surface area contributed by atoms with Gasteiger partial charge < -0.3 is 14.8 Å². The van der Waals surface area contributed by atoms with E-state index in [1.54, 1.807) is 6.92 Å². The summed E-state index contributed by atoms with van der Waals surface area (Å²) in [6.45, 7) is 3.74. The zero-order valence-corrected chi connectivity index (χ0v) is 20.8. The second kappa shape index (κ2) is 8.61. The van der Waals surface area contributed by atoms with E-state index in [1.807, 2.05) is 11.8 Å². The first-order valence-electron chi connectivity index (χ1n) is 11.8. The summed E-state index contributed by atoms with van der Waals surface area (Å²) in [7, 11) is -3.52. The van der Waals surface area contributed by atoms with Crippen molar-refractivity contribution in [2.75, 3.05) is 11.6 Å². The van der Waals surface area contributed by atoms with Gasteiger partial charge in [0, 0.05) is 18.7 Å². The van der Waals surface area contributed by atoms with E-state index in [2.05, 4.69) is 15.3 Å². The van der Waals surface area contributed by atoms with Crippen molar-refractivity contribution in [2.45, 2.75) is 81.1 Å².